The van der Waals surface area contributed by atoms with Crippen LogP contribution in [0.5, 0.6) is 0 Å². The van der Waals surface area contributed by atoms with Gasteiger partial charge in [-0.3, -0.25) is 0 Å². The molecular formula is C13H18O7. The van der Waals surface area contributed by atoms with Gasteiger partial charge in [0.2, 0.25) is 6.29 Å². The van der Waals surface area contributed by atoms with Crippen molar-refractivity contribution >= 4 is 5.97 Å². The van der Waals surface area contributed by atoms with Gasteiger partial charge in [0.25, 0.3) is 0 Å². The lowest BCUT2D eigenvalue weighted by atomic mass is 10.9. The number of aliphatic hydroxyl groups excluding tert-OH is 3. The van der Waals surface area contributed by atoms with Crippen molar-refractivity contribution in [1.82, 2.24) is 0 Å². The molecule has 0 spiro atoms. The second kappa shape index (κ2) is 5.53. The van der Waals surface area contributed by atoms with Crippen LogP contribution in [0, 0.1) is 13.8 Å². The van der Waals surface area contributed by atoms with Crippen LogP contribution in [0.1, 0.15) is 28.6 Å². The Hall–Kier alpha value is -1.41. The van der Waals surface area contributed by atoms with E-state index in [1.165, 1.54) is 13.2 Å². The van der Waals surface area contributed by atoms with Gasteiger partial charge < -0.3 is 29.2 Å². The van der Waals surface area contributed by atoms with Crippen LogP contribution in [0.15, 0.2) is 10.7 Å². The van der Waals surface area contributed by atoms with E-state index in [0.29, 0.717) is 11.3 Å². The van der Waals surface area contributed by atoms with Crippen molar-refractivity contribution < 1.29 is 34.0 Å². The molecule has 0 bridgehead atoms. The lowest BCUT2D eigenvalue weighted by molar-refractivity contribution is -0.276. The summed E-state index contributed by atoms with van der Waals surface area (Å²) in [5.41, 5.74) is 0.862. The highest BCUT2D eigenvalue weighted by Gasteiger charge is 2.44. The number of carbonyl (C=O) groups is 1. The van der Waals surface area contributed by atoms with E-state index >= 15 is 0 Å². The molecule has 1 fully saturated rings. The van der Waals surface area contributed by atoms with Crippen molar-refractivity contribution in [2.45, 2.75) is 51.5 Å². The number of rotatable bonds is 2. The van der Waals surface area contributed by atoms with Crippen LogP contribution in [-0.4, -0.2) is 52.0 Å². The molecule has 0 radical (unpaired) electrons. The Morgan fingerprint density at radius 2 is 1.85 bits per heavy atom. The summed E-state index contributed by atoms with van der Waals surface area (Å²) in [6.07, 6.45) is -4.88. The molecule has 112 valence electrons. The molecule has 0 saturated carbocycles. The van der Waals surface area contributed by atoms with Crippen LogP contribution in [0.2, 0.25) is 0 Å². The van der Waals surface area contributed by atoms with Crippen molar-refractivity contribution in [2.75, 3.05) is 0 Å². The first-order chi connectivity index (χ1) is 9.32. The van der Waals surface area contributed by atoms with Crippen molar-refractivity contribution in [3.8, 4) is 0 Å². The molecule has 7 nitrogen and oxygen atoms in total. The van der Waals surface area contributed by atoms with Gasteiger partial charge in [0, 0.05) is 5.56 Å². The molecule has 0 aromatic carbocycles. The quantitative estimate of drug-likeness (QED) is 0.516. The number of hydrogen-bond acceptors (Lipinski definition) is 7. The zero-order valence-corrected chi connectivity index (χ0v) is 11.4. The number of aliphatic hydroxyl groups is 3. The van der Waals surface area contributed by atoms with E-state index in [1.54, 1.807) is 13.8 Å². The predicted octanol–water partition coefficient (Wildman–Crippen LogP) is -0.119. The minimum absolute atomic E-state index is 0.258. The lowest BCUT2D eigenvalue weighted by Crippen LogP contribution is -2.57. The normalized spacial score (nSPS) is 34.0. The van der Waals surface area contributed by atoms with Gasteiger partial charge >= 0.3 is 5.97 Å². The summed E-state index contributed by atoms with van der Waals surface area (Å²) in [7, 11) is 0. The Bertz CT molecular complexity index is 475. The fraction of sp³-hybridized carbons (Fsp3) is 0.615. The van der Waals surface area contributed by atoms with E-state index in [1.807, 2.05) is 0 Å². The molecule has 2 rings (SSSR count). The minimum Gasteiger partial charge on any atom is -0.468 e. The molecule has 1 aromatic rings. The van der Waals surface area contributed by atoms with Gasteiger partial charge in [0.15, 0.2) is 0 Å². The van der Waals surface area contributed by atoms with Crippen LogP contribution in [0.3, 0.4) is 0 Å². The van der Waals surface area contributed by atoms with Gasteiger partial charge in [-0.15, -0.1) is 0 Å². The number of furan rings is 1. The molecule has 1 saturated heterocycles. The minimum atomic E-state index is -1.52. The van der Waals surface area contributed by atoms with Gasteiger partial charge in [0.1, 0.15) is 29.6 Å². The molecule has 1 aliphatic heterocycles. The summed E-state index contributed by atoms with van der Waals surface area (Å²) >= 11 is 0. The number of hydrogen-bond donors (Lipinski definition) is 3. The van der Waals surface area contributed by atoms with Crippen molar-refractivity contribution in [1.29, 1.82) is 0 Å². The average Bonchev–Trinajstić information content (AvgIpc) is 2.73. The Morgan fingerprint density at radius 3 is 2.40 bits per heavy atom. The zero-order chi connectivity index (χ0) is 15.0. The SMILES string of the molecule is [13CH3][13c]1[13cH]o[13c]([13CH3])[13c]1[13C](=O)O[13C@@H]1O[13C@@H]([13CH3])[13C@H](O)[13C@@H](O)[13C@H]1O. The van der Waals surface area contributed by atoms with Crippen LogP contribution >= 0.6 is 0 Å². The van der Waals surface area contributed by atoms with E-state index in [9.17, 15) is 20.1 Å². The molecular weight excluding hydrogens is 281 g/mol. The number of ether oxygens (including phenoxy) is 2. The maximum atomic E-state index is 12.0. The summed E-state index contributed by atoms with van der Waals surface area (Å²) in [5.74, 6) is -0.319. The Morgan fingerprint density at radius 1 is 1.20 bits per heavy atom. The fourth-order valence-corrected chi connectivity index (χ4v) is 2.15. The molecule has 0 aliphatic carbocycles. The highest BCUT2D eigenvalue weighted by atomic mass is 16.9. The molecule has 2 heterocycles. The van der Waals surface area contributed by atoms with Gasteiger partial charge in [-0.05, 0) is 20.8 Å². The second-order valence-corrected chi connectivity index (χ2v) is 4.94. The first-order valence-electron chi connectivity index (χ1n) is 6.28. The topological polar surface area (TPSA) is 109 Å². The summed E-state index contributed by atoms with van der Waals surface area (Å²) in [4.78, 5) is 12.0. The number of esters is 1. The van der Waals surface area contributed by atoms with Crippen LogP contribution in [0.4, 0.5) is 0 Å². The number of carbonyl (C=O) groups excluding carboxylic acids is 1. The summed E-state index contributed by atoms with van der Waals surface area (Å²) in [6, 6.07) is 0. The van der Waals surface area contributed by atoms with Crippen molar-refractivity contribution in [3.63, 3.8) is 0 Å². The highest BCUT2D eigenvalue weighted by molar-refractivity contribution is 5.92. The molecule has 3 N–H and O–H groups in total. The standard InChI is InChI=1S/C13H18O7/c1-5-4-18-6(2)8(5)12(17)20-13-11(16)10(15)9(14)7(3)19-13/h4,7,9-11,13-16H,1-3H3/t7-,9-,10+,11+,13-/m0/s1/i1+1,2+1,3+1,4+1,5+1,6+1,7+1,8+1,9+1,10+1,11+1,12+1,13+1. The Labute approximate surface area is 115 Å². The molecule has 1 aromatic heterocycles. The molecule has 20 heavy (non-hydrogen) atoms. The van der Waals surface area contributed by atoms with E-state index in [0.717, 1.165) is 0 Å². The molecule has 5 atom stereocenters. The molecule has 1 aliphatic rings. The Balaban J connectivity index is 2.12. The predicted molar refractivity (Wildman–Crippen MR) is 66.0 cm³/mol. The van der Waals surface area contributed by atoms with Gasteiger partial charge in [-0.1, -0.05) is 0 Å². The third kappa shape index (κ3) is 2.57. The summed E-state index contributed by atoms with van der Waals surface area (Å²) < 4.78 is 15.4. The van der Waals surface area contributed by atoms with Gasteiger partial charge in [-0.2, -0.15) is 0 Å². The van der Waals surface area contributed by atoms with E-state index in [2.05, 4.69) is 0 Å². The first-order valence-corrected chi connectivity index (χ1v) is 6.28. The van der Waals surface area contributed by atoms with Crippen LogP contribution in [0.25, 0.3) is 0 Å². The van der Waals surface area contributed by atoms with Crippen LogP contribution < -0.4 is 0 Å². The zero-order valence-electron chi connectivity index (χ0n) is 11.4. The second-order valence-electron chi connectivity index (χ2n) is 4.94. The monoisotopic (exact) mass is 299 g/mol. The van der Waals surface area contributed by atoms with Gasteiger partial charge in [0.05, 0.1) is 12.4 Å². The smallest absolute Gasteiger partial charge is 0.344 e. The fourth-order valence-electron chi connectivity index (χ4n) is 2.15. The van der Waals surface area contributed by atoms with Crippen LogP contribution in [-0.2, 0) is 9.47 Å². The average molecular weight is 299 g/mol. The summed E-state index contributed by atoms with van der Waals surface area (Å²) in [6.45, 7) is 4.81. The van der Waals surface area contributed by atoms with Crippen molar-refractivity contribution in [2.24, 2.45) is 0 Å². The third-order valence-electron chi connectivity index (χ3n) is 3.39. The highest BCUT2D eigenvalue weighted by Crippen LogP contribution is 2.24. The Kier molecular flexibility index (Phi) is 4.14. The number of aryl methyl sites for hydroxylation is 2. The lowest BCUT2D eigenvalue weighted by Gasteiger charge is -2.38. The maximum Gasteiger partial charge on any atom is 0.344 e. The summed E-state index contributed by atoms with van der Waals surface area (Å²) in [5, 5.41) is 29.0. The largest absolute Gasteiger partial charge is 0.468 e. The first kappa shape index (κ1) is 15.0. The maximum absolute atomic E-state index is 12.0. The molecule has 7 heteroatoms. The molecule has 0 unspecified atom stereocenters. The van der Waals surface area contributed by atoms with Gasteiger partial charge in [-0.25, -0.2) is 4.79 Å². The van der Waals surface area contributed by atoms with E-state index < -0.39 is 36.7 Å². The van der Waals surface area contributed by atoms with Crippen molar-refractivity contribution in [3.05, 3.63) is 23.2 Å². The van der Waals surface area contributed by atoms with E-state index in [-0.39, 0.29) is 5.56 Å². The molecule has 0 amide bonds. The third-order valence-corrected chi connectivity index (χ3v) is 3.39. The van der Waals surface area contributed by atoms with E-state index in [4.69, 9.17) is 13.9 Å².